The summed E-state index contributed by atoms with van der Waals surface area (Å²) in [6.07, 6.45) is 9.92. The third-order valence-electron chi connectivity index (χ3n) is 4.04. The minimum Gasteiger partial charge on any atom is -0.506 e. The largest absolute Gasteiger partial charge is 0.506 e. The zero-order chi connectivity index (χ0) is 17.5. The van der Waals surface area contributed by atoms with Gasteiger partial charge in [0.05, 0.1) is 16.7 Å². The first kappa shape index (κ1) is 17.7. The highest BCUT2D eigenvalue weighted by atomic mass is 16.3. The first-order valence-corrected chi connectivity index (χ1v) is 8.22. The van der Waals surface area contributed by atoms with Crippen LogP contribution in [0.5, 0.6) is 0 Å². The minimum absolute atomic E-state index is 0.239. The number of hydrogen-bond acceptors (Lipinski definition) is 4. The summed E-state index contributed by atoms with van der Waals surface area (Å²) in [5.74, 6) is 0.239. The molecule has 2 N–H and O–H groups in total. The first-order chi connectivity index (χ1) is 11.5. The van der Waals surface area contributed by atoms with E-state index in [1.807, 2.05) is 38.1 Å². The van der Waals surface area contributed by atoms with Gasteiger partial charge in [-0.3, -0.25) is 9.97 Å². The maximum atomic E-state index is 10.2. The number of benzene rings is 1. The maximum Gasteiger partial charge on any atom is 0.138 e. The molecule has 4 nitrogen and oxygen atoms in total. The quantitative estimate of drug-likeness (QED) is 0.596. The zero-order valence-electron chi connectivity index (χ0n) is 14.8. The predicted molar refractivity (Wildman–Crippen MR) is 99.6 cm³/mol. The van der Waals surface area contributed by atoms with Crippen LogP contribution in [0.4, 0.5) is 0 Å². The molecule has 1 aromatic heterocycles. The number of aryl methyl sites for hydroxylation is 1. The molecule has 24 heavy (non-hydrogen) atoms. The molecule has 0 unspecified atom stereocenters. The topological polar surface area (TPSA) is 58.0 Å². The summed E-state index contributed by atoms with van der Waals surface area (Å²) in [6, 6.07) is 4.08. The number of allylic oxidation sites excluding steroid dienone is 4. The number of fused-ring (bicyclic) bond motifs is 1. The summed E-state index contributed by atoms with van der Waals surface area (Å²) in [6.45, 7) is 8.72. The molecule has 0 bridgehead atoms. The summed E-state index contributed by atoms with van der Waals surface area (Å²) >= 11 is 0. The second kappa shape index (κ2) is 8.29. The average Bonchev–Trinajstić information content (AvgIpc) is 2.60. The van der Waals surface area contributed by atoms with E-state index in [0.717, 1.165) is 28.6 Å². The maximum absolute atomic E-state index is 10.2. The van der Waals surface area contributed by atoms with Gasteiger partial charge in [0.25, 0.3) is 0 Å². The van der Waals surface area contributed by atoms with Gasteiger partial charge in [0, 0.05) is 18.9 Å². The first-order valence-electron chi connectivity index (χ1n) is 8.22. The summed E-state index contributed by atoms with van der Waals surface area (Å²) in [7, 11) is 0. The van der Waals surface area contributed by atoms with Crippen molar-refractivity contribution in [3.05, 3.63) is 70.9 Å². The molecule has 0 aliphatic heterocycles. The molecule has 0 radical (unpaired) electrons. The van der Waals surface area contributed by atoms with Crippen LogP contribution in [-0.4, -0.2) is 15.1 Å². The lowest BCUT2D eigenvalue weighted by Crippen LogP contribution is -2.15. The second-order valence-electron chi connectivity index (χ2n) is 5.80. The molecule has 0 spiro atoms. The van der Waals surface area contributed by atoms with Crippen molar-refractivity contribution in [2.75, 3.05) is 0 Å². The SMILES string of the molecule is C\C=C(NCc1cc2nccnc2cc1C)/C(O)=C\C=C(/C)CC. The van der Waals surface area contributed by atoms with Crippen molar-refractivity contribution >= 4 is 11.0 Å². The van der Waals surface area contributed by atoms with Crippen molar-refractivity contribution in [2.45, 2.75) is 40.7 Å². The molecule has 1 aromatic carbocycles. The van der Waals surface area contributed by atoms with Crippen molar-refractivity contribution < 1.29 is 5.11 Å². The van der Waals surface area contributed by atoms with E-state index < -0.39 is 0 Å². The molecule has 0 aliphatic carbocycles. The molecule has 0 saturated carbocycles. The molecular formula is C20H25N3O. The fourth-order valence-corrected chi connectivity index (χ4v) is 2.31. The standard InChI is InChI=1S/C20H25N3O/c1-5-14(3)7-8-20(24)17(6-2)23-13-16-12-19-18(11-15(16)4)21-9-10-22-19/h6-12,23-24H,5,13H2,1-4H3/b14-7+,17-6+,20-8+. The van der Waals surface area contributed by atoms with E-state index in [1.54, 1.807) is 18.5 Å². The zero-order valence-corrected chi connectivity index (χ0v) is 14.8. The highest BCUT2D eigenvalue weighted by molar-refractivity contribution is 5.75. The van der Waals surface area contributed by atoms with E-state index in [4.69, 9.17) is 0 Å². The van der Waals surface area contributed by atoms with Crippen LogP contribution in [0.3, 0.4) is 0 Å². The highest BCUT2D eigenvalue weighted by Crippen LogP contribution is 2.17. The molecule has 0 atom stereocenters. The Kier molecular flexibility index (Phi) is 6.13. The van der Waals surface area contributed by atoms with Crippen molar-refractivity contribution in [3.8, 4) is 0 Å². The lowest BCUT2D eigenvalue weighted by molar-refractivity contribution is 0.413. The molecule has 0 amide bonds. The Morgan fingerprint density at radius 2 is 1.83 bits per heavy atom. The van der Waals surface area contributed by atoms with Gasteiger partial charge in [0.15, 0.2) is 0 Å². The third-order valence-corrected chi connectivity index (χ3v) is 4.04. The highest BCUT2D eigenvalue weighted by Gasteiger charge is 2.06. The number of nitrogens with one attached hydrogen (secondary N) is 1. The summed E-state index contributed by atoms with van der Waals surface area (Å²) in [5.41, 5.74) is 6.00. The smallest absolute Gasteiger partial charge is 0.138 e. The molecule has 0 fully saturated rings. The van der Waals surface area contributed by atoms with Crippen LogP contribution in [0, 0.1) is 6.92 Å². The van der Waals surface area contributed by atoms with Crippen LogP contribution in [-0.2, 0) is 6.54 Å². The van der Waals surface area contributed by atoms with Crippen LogP contribution in [0.2, 0.25) is 0 Å². The fraction of sp³-hybridized carbons (Fsp3) is 0.300. The Morgan fingerprint density at radius 1 is 1.17 bits per heavy atom. The van der Waals surface area contributed by atoms with Gasteiger partial charge in [0.2, 0.25) is 0 Å². The Hall–Kier alpha value is -2.62. The van der Waals surface area contributed by atoms with Crippen LogP contribution in [0.1, 0.15) is 38.3 Å². The van der Waals surface area contributed by atoms with E-state index in [1.165, 1.54) is 5.57 Å². The number of rotatable bonds is 6. The van der Waals surface area contributed by atoms with Crippen molar-refractivity contribution in [1.29, 1.82) is 0 Å². The number of nitrogens with zero attached hydrogens (tertiary/aromatic N) is 2. The van der Waals surface area contributed by atoms with Crippen LogP contribution < -0.4 is 5.32 Å². The molecule has 4 heteroatoms. The van der Waals surface area contributed by atoms with E-state index >= 15 is 0 Å². The summed E-state index contributed by atoms with van der Waals surface area (Å²) in [5, 5.41) is 13.5. The van der Waals surface area contributed by atoms with Gasteiger partial charge in [0.1, 0.15) is 5.76 Å². The minimum atomic E-state index is 0.239. The van der Waals surface area contributed by atoms with Gasteiger partial charge in [-0.25, -0.2) is 0 Å². The van der Waals surface area contributed by atoms with E-state index in [9.17, 15) is 5.11 Å². The van der Waals surface area contributed by atoms with Crippen LogP contribution >= 0.6 is 0 Å². The Labute approximate surface area is 143 Å². The number of hydrogen-bond donors (Lipinski definition) is 2. The lowest BCUT2D eigenvalue weighted by Gasteiger charge is -2.12. The third kappa shape index (κ3) is 4.44. The molecule has 2 aromatic rings. The van der Waals surface area contributed by atoms with Gasteiger partial charge in [-0.05, 0) is 56.5 Å². The molecule has 2 rings (SSSR count). The van der Waals surface area contributed by atoms with Gasteiger partial charge >= 0.3 is 0 Å². The molecule has 1 heterocycles. The summed E-state index contributed by atoms with van der Waals surface area (Å²) < 4.78 is 0. The second-order valence-corrected chi connectivity index (χ2v) is 5.80. The van der Waals surface area contributed by atoms with Crippen LogP contribution in [0.25, 0.3) is 11.0 Å². The van der Waals surface area contributed by atoms with Gasteiger partial charge in [-0.2, -0.15) is 0 Å². The van der Waals surface area contributed by atoms with E-state index in [0.29, 0.717) is 12.2 Å². The van der Waals surface area contributed by atoms with E-state index in [2.05, 4.69) is 29.1 Å². The Bertz CT molecular complexity index is 804. The average molecular weight is 323 g/mol. The molecule has 126 valence electrons. The number of aromatic nitrogens is 2. The fourth-order valence-electron chi connectivity index (χ4n) is 2.31. The van der Waals surface area contributed by atoms with Gasteiger partial charge in [-0.1, -0.05) is 24.6 Å². The number of aliphatic hydroxyl groups is 1. The lowest BCUT2D eigenvalue weighted by atomic mass is 10.1. The molecule has 0 saturated heterocycles. The Balaban J connectivity index is 2.15. The van der Waals surface area contributed by atoms with Gasteiger partial charge in [-0.15, -0.1) is 0 Å². The van der Waals surface area contributed by atoms with Crippen molar-refractivity contribution in [1.82, 2.24) is 15.3 Å². The number of aliphatic hydroxyl groups excluding tert-OH is 1. The van der Waals surface area contributed by atoms with Crippen molar-refractivity contribution in [3.63, 3.8) is 0 Å². The summed E-state index contributed by atoms with van der Waals surface area (Å²) in [4.78, 5) is 8.67. The molecular weight excluding hydrogens is 298 g/mol. The van der Waals surface area contributed by atoms with E-state index in [-0.39, 0.29) is 5.76 Å². The van der Waals surface area contributed by atoms with Gasteiger partial charge < -0.3 is 10.4 Å². The van der Waals surface area contributed by atoms with Crippen molar-refractivity contribution in [2.24, 2.45) is 0 Å². The van der Waals surface area contributed by atoms with Crippen LogP contribution in [0.15, 0.2) is 59.8 Å². The molecule has 0 aliphatic rings. The Morgan fingerprint density at radius 3 is 2.46 bits per heavy atom. The monoisotopic (exact) mass is 323 g/mol. The predicted octanol–water partition coefficient (Wildman–Crippen LogP) is 4.73. The normalized spacial score (nSPS) is 13.4.